The highest BCUT2D eigenvalue weighted by Crippen LogP contribution is 2.06. The molecule has 0 amide bonds. The van der Waals surface area contributed by atoms with Crippen LogP contribution in [0, 0.1) is 0 Å². The van der Waals surface area contributed by atoms with Crippen LogP contribution in [0.2, 0.25) is 0 Å². The van der Waals surface area contributed by atoms with E-state index in [1.165, 1.54) is 5.56 Å². The number of hydrogen-bond donors (Lipinski definition) is 1. The fourth-order valence-corrected chi connectivity index (χ4v) is 1.58. The van der Waals surface area contributed by atoms with E-state index in [1.54, 1.807) is 0 Å². The van der Waals surface area contributed by atoms with E-state index in [4.69, 9.17) is 4.74 Å². The van der Waals surface area contributed by atoms with Gasteiger partial charge in [0.2, 0.25) is 0 Å². The molecular weight excluding hydrogens is 162 g/mol. The number of benzene rings is 1. The maximum absolute atomic E-state index is 5.57. The zero-order valence-electron chi connectivity index (χ0n) is 7.70. The van der Waals surface area contributed by atoms with Gasteiger partial charge in [-0.1, -0.05) is 30.3 Å². The van der Waals surface area contributed by atoms with Crippen molar-refractivity contribution < 1.29 is 4.74 Å². The highest BCUT2D eigenvalue weighted by atomic mass is 16.5. The van der Waals surface area contributed by atoms with Crippen molar-refractivity contribution in [3.63, 3.8) is 0 Å². The first-order valence-electron chi connectivity index (χ1n) is 4.84. The molecule has 0 unspecified atom stereocenters. The van der Waals surface area contributed by atoms with Gasteiger partial charge >= 0.3 is 0 Å². The highest BCUT2D eigenvalue weighted by Gasteiger charge is 2.12. The van der Waals surface area contributed by atoms with Crippen LogP contribution in [0.25, 0.3) is 0 Å². The Labute approximate surface area is 78.9 Å². The molecule has 1 aromatic carbocycles. The Balaban J connectivity index is 1.90. The zero-order valence-corrected chi connectivity index (χ0v) is 7.70. The van der Waals surface area contributed by atoms with E-state index in [1.807, 2.05) is 6.07 Å². The van der Waals surface area contributed by atoms with Crippen LogP contribution in [0.15, 0.2) is 30.3 Å². The lowest BCUT2D eigenvalue weighted by Gasteiger charge is -2.24. The van der Waals surface area contributed by atoms with Crippen molar-refractivity contribution in [3.8, 4) is 0 Å². The molecule has 1 aliphatic heterocycles. The van der Waals surface area contributed by atoms with Crippen molar-refractivity contribution in [1.29, 1.82) is 0 Å². The van der Waals surface area contributed by atoms with Gasteiger partial charge in [0.25, 0.3) is 0 Å². The Morgan fingerprint density at radius 1 is 1.31 bits per heavy atom. The minimum atomic E-state index is 0.219. The number of ether oxygens (including phenoxy) is 1. The Morgan fingerprint density at radius 3 is 2.85 bits per heavy atom. The van der Waals surface area contributed by atoms with E-state index in [0.29, 0.717) is 0 Å². The van der Waals surface area contributed by atoms with Gasteiger partial charge in [-0.15, -0.1) is 0 Å². The Kier molecular flexibility index (Phi) is 2.95. The summed E-state index contributed by atoms with van der Waals surface area (Å²) in [5.74, 6) is 0. The normalized spacial score (nSPS) is 22.9. The summed E-state index contributed by atoms with van der Waals surface area (Å²) in [4.78, 5) is 0. The second-order valence-electron chi connectivity index (χ2n) is 3.36. The average Bonchev–Trinajstić information content (AvgIpc) is 2.21. The maximum atomic E-state index is 5.57. The van der Waals surface area contributed by atoms with Crippen LogP contribution >= 0.6 is 0 Å². The van der Waals surface area contributed by atoms with E-state index in [2.05, 4.69) is 29.6 Å². The molecule has 1 aromatic rings. The molecule has 1 N–H and O–H groups in total. The molecule has 0 radical (unpaired) electrons. The lowest BCUT2D eigenvalue weighted by atomic mass is 10.1. The Bertz CT molecular complexity index is 242. The third kappa shape index (κ3) is 2.54. The monoisotopic (exact) mass is 177 g/mol. The van der Waals surface area contributed by atoms with Crippen molar-refractivity contribution in [2.75, 3.05) is 13.2 Å². The van der Waals surface area contributed by atoms with Crippen molar-refractivity contribution >= 4 is 0 Å². The van der Waals surface area contributed by atoms with Gasteiger partial charge in [-0.2, -0.15) is 0 Å². The quantitative estimate of drug-likeness (QED) is 0.740. The first-order chi connectivity index (χ1) is 6.45. The van der Waals surface area contributed by atoms with Crippen LogP contribution in [0.5, 0.6) is 0 Å². The van der Waals surface area contributed by atoms with Gasteiger partial charge in [-0.05, 0) is 18.5 Å². The molecule has 70 valence electrons. The molecule has 0 spiro atoms. The molecule has 1 heterocycles. The summed E-state index contributed by atoms with van der Waals surface area (Å²) in [5, 5.41) is 3.35. The van der Waals surface area contributed by atoms with Crippen molar-refractivity contribution in [1.82, 2.24) is 5.32 Å². The van der Waals surface area contributed by atoms with Crippen molar-refractivity contribution in [2.45, 2.75) is 19.1 Å². The van der Waals surface area contributed by atoms with Crippen molar-refractivity contribution in [3.05, 3.63) is 35.9 Å². The van der Waals surface area contributed by atoms with E-state index >= 15 is 0 Å². The number of rotatable bonds is 2. The molecule has 1 saturated heterocycles. The van der Waals surface area contributed by atoms with Gasteiger partial charge in [0.05, 0.1) is 0 Å². The van der Waals surface area contributed by atoms with Gasteiger partial charge in [0.15, 0.2) is 0 Å². The number of hydrogen-bond acceptors (Lipinski definition) is 2. The maximum Gasteiger partial charge on any atom is 0.112 e. The summed E-state index contributed by atoms with van der Waals surface area (Å²) in [6.07, 6.45) is 2.32. The van der Waals surface area contributed by atoms with Gasteiger partial charge in [-0.25, -0.2) is 0 Å². The third-order valence-corrected chi connectivity index (χ3v) is 2.28. The van der Waals surface area contributed by atoms with Crippen LogP contribution in [0.4, 0.5) is 0 Å². The average molecular weight is 177 g/mol. The summed E-state index contributed by atoms with van der Waals surface area (Å²) in [5.41, 5.74) is 1.34. The molecule has 13 heavy (non-hydrogen) atoms. The minimum Gasteiger partial charge on any atom is -0.363 e. The van der Waals surface area contributed by atoms with E-state index in [-0.39, 0.29) is 6.23 Å². The molecule has 0 aromatic heterocycles. The van der Waals surface area contributed by atoms with Crippen LogP contribution in [-0.4, -0.2) is 19.4 Å². The standard InChI is InChI=1S/C11H15NO/c1-2-5-10(6-3-1)9-11-12-7-4-8-13-11/h1-3,5-6,11-12H,4,7-9H2/t11-/m0/s1. The van der Waals surface area contributed by atoms with Crippen LogP contribution < -0.4 is 5.32 Å². The summed E-state index contributed by atoms with van der Waals surface area (Å²) in [7, 11) is 0. The predicted molar refractivity (Wildman–Crippen MR) is 52.5 cm³/mol. The van der Waals surface area contributed by atoms with Gasteiger partial charge in [0, 0.05) is 13.0 Å². The van der Waals surface area contributed by atoms with Crippen LogP contribution in [0.3, 0.4) is 0 Å². The molecule has 1 atom stereocenters. The molecule has 0 bridgehead atoms. The molecule has 2 nitrogen and oxygen atoms in total. The van der Waals surface area contributed by atoms with E-state index < -0.39 is 0 Å². The largest absolute Gasteiger partial charge is 0.363 e. The van der Waals surface area contributed by atoms with E-state index in [0.717, 1.165) is 26.0 Å². The SMILES string of the molecule is c1ccc(C[C@H]2NCCCO2)cc1. The summed E-state index contributed by atoms with van der Waals surface area (Å²) in [6.45, 7) is 1.97. The molecule has 1 fully saturated rings. The molecular formula is C11H15NO. The lowest BCUT2D eigenvalue weighted by molar-refractivity contribution is 0.00195. The molecule has 2 heteroatoms. The van der Waals surface area contributed by atoms with Crippen LogP contribution in [0.1, 0.15) is 12.0 Å². The second kappa shape index (κ2) is 4.40. The Hall–Kier alpha value is -0.860. The summed E-state index contributed by atoms with van der Waals surface area (Å²) in [6, 6.07) is 10.5. The fraction of sp³-hybridized carbons (Fsp3) is 0.455. The van der Waals surface area contributed by atoms with E-state index in [9.17, 15) is 0 Å². The highest BCUT2D eigenvalue weighted by molar-refractivity contribution is 5.15. The third-order valence-electron chi connectivity index (χ3n) is 2.28. The van der Waals surface area contributed by atoms with Crippen molar-refractivity contribution in [2.24, 2.45) is 0 Å². The summed E-state index contributed by atoms with van der Waals surface area (Å²) >= 11 is 0. The van der Waals surface area contributed by atoms with Gasteiger partial charge < -0.3 is 4.74 Å². The Morgan fingerprint density at radius 2 is 2.15 bits per heavy atom. The molecule has 2 rings (SSSR count). The zero-order chi connectivity index (χ0) is 8.93. The van der Waals surface area contributed by atoms with Crippen LogP contribution in [-0.2, 0) is 11.2 Å². The lowest BCUT2D eigenvalue weighted by Crippen LogP contribution is -2.39. The minimum absolute atomic E-state index is 0.219. The second-order valence-corrected chi connectivity index (χ2v) is 3.36. The summed E-state index contributed by atoms with van der Waals surface area (Å²) < 4.78 is 5.57. The van der Waals surface area contributed by atoms with Gasteiger partial charge in [-0.3, -0.25) is 5.32 Å². The van der Waals surface area contributed by atoms with Gasteiger partial charge in [0.1, 0.15) is 6.23 Å². The first-order valence-corrected chi connectivity index (χ1v) is 4.84. The first kappa shape index (κ1) is 8.73. The topological polar surface area (TPSA) is 21.3 Å². The fourth-order valence-electron chi connectivity index (χ4n) is 1.58. The number of nitrogens with one attached hydrogen (secondary N) is 1. The smallest absolute Gasteiger partial charge is 0.112 e. The molecule has 0 aliphatic carbocycles. The molecule has 1 aliphatic rings. The predicted octanol–water partition coefficient (Wildman–Crippen LogP) is 1.57. The molecule has 0 saturated carbocycles.